The van der Waals surface area contributed by atoms with E-state index in [2.05, 4.69) is 68.9 Å². The van der Waals surface area contributed by atoms with Crippen molar-refractivity contribution in [2.75, 3.05) is 0 Å². The summed E-state index contributed by atoms with van der Waals surface area (Å²) in [5.74, 6) is 2.01. The Balaban J connectivity index is 2.17. The standard InChI is InChI=1S/C23H28N2O/c1-7-18(8-2)19-9-10-24-21-20(19)13-17(6)25-23(21)26-22-15(4)11-14(3)12-16(22)5/h9-13,18H,7-8H2,1-6H3. The van der Waals surface area contributed by atoms with Gasteiger partial charge in [0.05, 0.1) is 0 Å². The summed E-state index contributed by atoms with van der Waals surface area (Å²) in [4.78, 5) is 9.29. The minimum atomic E-state index is 0.526. The van der Waals surface area contributed by atoms with Crippen LogP contribution in [0.1, 0.15) is 60.6 Å². The van der Waals surface area contributed by atoms with E-state index < -0.39 is 0 Å². The van der Waals surface area contributed by atoms with Crippen LogP contribution in [0.25, 0.3) is 10.9 Å². The normalized spacial score (nSPS) is 11.3. The number of hydrogen-bond acceptors (Lipinski definition) is 3. The Bertz CT molecular complexity index is 919. The molecule has 3 aromatic rings. The average Bonchev–Trinajstić information content (AvgIpc) is 2.59. The van der Waals surface area contributed by atoms with Gasteiger partial charge in [0.2, 0.25) is 5.88 Å². The minimum Gasteiger partial charge on any atom is -0.436 e. The minimum absolute atomic E-state index is 0.526. The second kappa shape index (κ2) is 7.45. The molecule has 26 heavy (non-hydrogen) atoms. The predicted octanol–water partition coefficient (Wildman–Crippen LogP) is 6.56. The molecule has 0 bridgehead atoms. The van der Waals surface area contributed by atoms with Gasteiger partial charge in [-0.2, -0.15) is 0 Å². The van der Waals surface area contributed by atoms with Crippen LogP contribution in [0.3, 0.4) is 0 Å². The van der Waals surface area contributed by atoms with Gasteiger partial charge in [-0.25, -0.2) is 4.98 Å². The van der Waals surface area contributed by atoms with Crippen molar-refractivity contribution in [3.63, 3.8) is 0 Å². The fourth-order valence-corrected chi connectivity index (χ4v) is 3.84. The highest BCUT2D eigenvalue weighted by Crippen LogP contribution is 2.36. The van der Waals surface area contributed by atoms with Crippen molar-refractivity contribution in [2.45, 2.75) is 60.3 Å². The molecular weight excluding hydrogens is 320 g/mol. The third kappa shape index (κ3) is 3.44. The van der Waals surface area contributed by atoms with Gasteiger partial charge >= 0.3 is 0 Å². The molecule has 0 unspecified atom stereocenters. The van der Waals surface area contributed by atoms with Gasteiger partial charge in [-0.1, -0.05) is 31.5 Å². The first-order chi connectivity index (χ1) is 12.4. The van der Waals surface area contributed by atoms with Crippen LogP contribution >= 0.6 is 0 Å². The monoisotopic (exact) mass is 348 g/mol. The van der Waals surface area contributed by atoms with E-state index in [1.165, 1.54) is 11.1 Å². The molecule has 3 heteroatoms. The van der Waals surface area contributed by atoms with Crippen LogP contribution in [0, 0.1) is 27.7 Å². The number of rotatable bonds is 5. The second-order valence-corrected chi connectivity index (χ2v) is 7.21. The Morgan fingerprint density at radius 2 is 1.62 bits per heavy atom. The molecule has 0 aliphatic heterocycles. The molecule has 0 aliphatic rings. The lowest BCUT2D eigenvalue weighted by molar-refractivity contribution is 0.459. The number of hydrogen-bond donors (Lipinski definition) is 0. The van der Waals surface area contributed by atoms with Crippen molar-refractivity contribution < 1.29 is 4.74 Å². The maximum absolute atomic E-state index is 6.32. The Labute approximate surface area is 156 Å². The fourth-order valence-electron chi connectivity index (χ4n) is 3.84. The van der Waals surface area contributed by atoms with Crippen molar-refractivity contribution in [3.8, 4) is 11.6 Å². The van der Waals surface area contributed by atoms with Crippen molar-refractivity contribution in [3.05, 3.63) is 58.4 Å². The molecule has 2 aromatic heterocycles. The first kappa shape index (κ1) is 18.4. The molecule has 3 nitrogen and oxygen atoms in total. The summed E-state index contributed by atoms with van der Waals surface area (Å²) in [6.45, 7) is 12.8. The van der Waals surface area contributed by atoms with Crippen LogP contribution < -0.4 is 4.74 Å². The second-order valence-electron chi connectivity index (χ2n) is 7.21. The van der Waals surface area contributed by atoms with E-state index >= 15 is 0 Å². The summed E-state index contributed by atoms with van der Waals surface area (Å²) in [6.07, 6.45) is 4.11. The molecule has 3 rings (SSSR count). The molecule has 0 radical (unpaired) electrons. The molecule has 0 amide bonds. The number of pyridine rings is 2. The van der Waals surface area contributed by atoms with Crippen LogP contribution in [-0.4, -0.2) is 9.97 Å². The zero-order chi connectivity index (χ0) is 18.8. The van der Waals surface area contributed by atoms with Crippen LogP contribution in [-0.2, 0) is 0 Å². The molecule has 0 aliphatic carbocycles. The predicted molar refractivity (Wildman–Crippen MR) is 108 cm³/mol. The molecule has 0 saturated carbocycles. The Morgan fingerprint density at radius 3 is 2.23 bits per heavy atom. The van der Waals surface area contributed by atoms with Gasteiger partial charge in [0.1, 0.15) is 11.3 Å². The summed E-state index contributed by atoms with van der Waals surface area (Å²) in [5, 5.41) is 1.16. The van der Waals surface area contributed by atoms with Crippen LogP contribution in [0.5, 0.6) is 11.6 Å². The van der Waals surface area contributed by atoms with Crippen LogP contribution in [0.2, 0.25) is 0 Å². The smallest absolute Gasteiger partial charge is 0.246 e. The molecule has 2 heterocycles. The van der Waals surface area contributed by atoms with Gasteiger partial charge in [-0.15, -0.1) is 0 Å². The van der Waals surface area contributed by atoms with E-state index in [0.717, 1.165) is 46.3 Å². The lowest BCUT2D eigenvalue weighted by Crippen LogP contribution is -2.01. The van der Waals surface area contributed by atoms with E-state index in [4.69, 9.17) is 4.74 Å². The maximum Gasteiger partial charge on any atom is 0.246 e. The highest BCUT2D eigenvalue weighted by Gasteiger charge is 2.17. The van der Waals surface area contributed by atoms with Gasteiger partial charge in [-0.3, -0.25) is 4.98 Å². The lowest BCUT2D eigenvalue weighted by atomic mass is 9.91. The summed E-state index contributed by atoms with van der Waals surface area (Å²) in [6, 6.07) is 8.57. The highest BCUT2D eigenvalue weighted by atomic mass is 16.5. The Hall–Kier alpha value is -2.42. The van der Waals surface area contributed by atoms with E-state index in [-0.39, 0.29) is 0 Å². The zero-order valence-electron chi connectivity index (χ0n) is 16.7. The molecule has 136 valence electrons. The Kier molecular flexibility index (Phi) is 5.26. The number of aromatic nitrogens is 2. The molecule has 0 N–H and O–H groups in total. The molecule has 0 saturated heterocycles. The summed E-state index contributed by atoms with van der Waals surface area (Å²) in [7, 11) is 0. The summed E-state index contributed by atoms with van der Waals surface area (Å²) >= 11 is 0. The number of ether oxygens (including phenoxy) is 1. The van der Waals surface area contributed by atoms with Gasteiger partial charge in [0.25, 0.3) is 0 Å². The molecule has 1 aromatic carbocycles. The average molecular weight is 348 g/mol. The number of benzene rings is 1. The van der Waals surface area contributed by atoms with E-state index in [1.807, 2.05) is 13.1 Å². The molecule has 0 atom stereocenters. The van der Waals surface area contributed by atoms with Crippen molar-refractivity contribution in [1.29, 1.82) is 0 Å². The highest BCUT2D eigenvalue weighted by molar-refractivity contribution is 5.87. The number of nitrogens with zero attached hydrogens (tertiary/aromatic N) is 2. The summed E-state index contributed by atoms with van der Waals surface area (Å²) < 4.78 is 6.32. The molecule has 0 fully saturated rings. The first-order valence-electron chi connectivity index (χ1n) is 9.46. The van der Waals surface area contributed by atoms with Gasteiger partial charge in [-0.05, 0) is 75.3 Å². The van der Waals surface area contributed by atoms with Crippen LogP contribution in [0.4, 0.5) is 0 Å². The van der Waals surface area contributed by atoms with Crippen molar-refractivity contribution in [2.24, 2.45) is 0 Å². The van der Waals surface area contributed by atoms with E-state index in [1.54, 1.807) is 0 Å². The zero-order valence-corrected chi connectivity index (χ0v) is 16.7. The third-order valence-corrected chi connectivity index (χ3v) is 5.09. The van der Waals surface area contributed by atoms with Crippen molar-refractivity contribution >= 4 is 10.9 Å². The maximum atomic E-state index is 6.32. The Morgan fingerprint density at radius 1 is 0.962 bits per heavy atom. The lowest BCUT2D eigenvalue weighted by Gasteiger charge is -2.18. The van der Waals surface area contributed by atoms with Gasteiger partial charge in [0, 0.05) is 17.3 Å². The van der Waals surface area contributed by atoms with Crippen molar-refractivity contribution in [1.82, 2.24) is 9.97 Å². The summed E-state index contributed by atoms with van der Waals surface area (Å²) in [5.41, 5.74) is 6.62. The number of aryl methyl sites for hydroxylation is 4. The van der Waals surface area contributed by atoms with Gasteiger partial charge in [0.15, 0.2) is 0 Å². The number of fused-ring (bicyclic) bond motifs is 1. The van der Waals surface area contributed by atoms with E-state index in [0.29, 0.717) is 11.8 Å². The largest absolute Gasteiger partial charge is 0.436 e. The van der Waals surface area contributed by atoms with Gasteiger partial charge < -0.3 is 4.74 Å². The quantitative estimate of drug-likeness (QED) is 0.524. The molecular formula is C23H28N2O. The first-order valence-corrected chi connectivity index (χ1v) is 9.46. The topological polar surface area (TPSA) is 35.0 Å². The third-order valence-electron chi connectivity index (χ3n) is 5.09. The molecule has 0 spiro atoms. The van der Waals surface area contributed by atoms with Crippen LogP contribution in [0.15, 0.2) is 30.5 Å². The SMILES string of the molecule is CCC(CC)c1ccnc2c(Oc3c(C)cc(C)cc3C)nc(C)cc12. The van der Waals surface area contributed by atoms with E-state index in [9.17, 15) is 0 Å². The fraction of sp³-hybridized carbons (Fsp3) is 0.391.